The van der Waals surface area contributed by atoms with E-state index in [9.17, 15) is 14.7 Å². The van der Waals surface area contributed by atoms with Gasteiger partial charge in [-0.2, -0.15) is 9.64 Å². The topological polar surface area (TPSA) is 107 Å². The summed E-state index contributed by atoms with van der Waals surface area (Å²) >= 11 is 1.11. The van der Waals surface area contributed by atoms with Gasteiger partial charge in [0.2, 0.25) is 0 Å². The molecule has 0 aliphatic carbocycles. The highest BCUT2D eigenvalue weighted by molar-refractivity contribution is 7.10. The number of aromatic nitrogens is 2. The van der Waals surface area contributed by atoms with E-state index in [1.165, 1.54) is 12.3 Å². The van der Waals surface area contributed by atoms with Crippen LogP contribution in [0.1, 0.15) is 32.9 Å². The van der Waals surface area contributed by atoms with Crippen LogP contribution >= 0.6 is 11.5 Å². The first-order valence-electron chi connectivity index (χ1n) is 9.05. The molecule has 0 fully saturated rings. The fraction of sp³-hybridized carbons (Fsp3) is 0.0909. The molecule has 0 atom stereocenters. The first kappa shape index (κ1) is 19.4. The van der Waals surface area contributed by atoms with E-state index in [1.807, 2.05) is 12.1 Å². The zero-order valence-corrected chi connectivity index (χ0v) is 16.7. The number of nitrogens with one attached hydrogen (secondary N) is 1. The van der Waals surface area contributed by atoms with Crippen LogP contribution in [0.15, 0.2) is 54.7 Å². The average molecular weight is 416 g/mol. The highest BCUT2D eigenvalue weighted by Gasteiger charge is 2.23. The summed E-state index contributed by atoms with van der Waals surface area (Å²) in [7, 11) is 0. The lowest BCUT2D eigenvalue weighted by Gasteiger charge is -2.04. The van der Waals surface area contributed by atoms with Crippen LogP contribution in [0.4, 0.5) is 5.00 Å². The molecule has 3 aromatic heterocycles. The Bertz CT molecular complexity index is 1310. The number of carbonyl (C=O) groups excluding carboxylic acids is 2. The number of Topliss-reactive ketones (excluding diaryl/α,β-unsaturated/α-hetero) is 1. The van der Waals surface area contributed by atoms with E-state index in [0.29, 0.717) is 22.5 Å². The van der Waals surface area contributed by atoms with E-state index in [2.05, 4.69) is 15.8 Å². The fourth-order valence-corrected chi connectivity index (χ4v) is 3.85. The number of pyridine rings is 1. The van der Waals surface area contributed by atoms with Crippen LogP contribution in [0.2, 0.25) is 0 Å². The predicted octanol–water partition coefficient (Wildman–Crippen LogP) is 3.69. The van der Waals surface area contributed by atoms with Gasteiger partial charge in [-0.1, -0.05) is 12.1 Å². The molecular formula is C22H16N4O3S. The van der Waals surface area contributed by atoms with Crippen molar-refractivity contribution in [2.45, 2.75) is 13.3 Å². The van der Waals surface area contributed by atoms with Gasteiger partial charge in [-0.3, -0.25) is 9.59 Å². The van der Waals surface area contributed by atoms with Gasteiger partial charge in [-0.05, 0) is 60.4 Å². The maximum Gasteiger partial charge on any atom is 0.297 e. The molecule has 0 bridgehead atoms. The van der Waals surface area contributed by atoms with Crippen molar-refractivity contribution in [3.8, 4) is 11.8 Å². The molecule has 0 spiro atoms. The second-order valence-corrected chi connectivity index (χ2v) is 7.60. The van der Waals surface area contributed by atoms with E-state index in [-0.39, 0.29) is 11.3 Å². The van der Waals surface area contributed by atoms with Gasteiger partial charge in [0, 0.05) is 12.1 Å². The number of benzene rings is 1. The molecule has 4 aromatic rings. The Morgan fingerprint density at radius 3 is 2.63 bits per heavy atom. The van der Waals surface area contributed by atoms with E-state index < -0.39 is 11.7 Å². The van der Waals surface area contributed by atoms with Crippen molar-refractivity contribution in [1.82, 2.24) is 8.77 Å². The molecule has 2 N–H and O–H groups in total. The summed E-state index contributed by atoms with van der Waals surface area (Å²) in [5.41, 5.74) is 3.75. The average Bonchev–Trinajstić information content (AvgIpc) is 3.31. The van der Waals surface area contributed by atoms with Crippen molar-refractivity contribution < 1.29 is 14.7 Å². The Morgan fingerprint density at radius 2 is 1.97 bits per heavy atom. The lowest BCUT2D eigenvalue weighted by molar-refractivity contribution is -0.112. The van der Waals surface area contributed by atoms with Gasteiger partial charge in [0.25, 0.3) is 11.7 Å². The minimum Gasteiger partial charge on any atom is -0.506 e. The molecule has 4 rings (SSSR count). The van der Waals surface area contributed by atoms with E-state index in [4.69, 9.17) is 5.26 Å². The maximum absolute atomic E-state index is 12.9. The number of aryl methyl sites for hydroxylation is 1. The number of amides is 1. The van der Waals surface area contributed by atoms with Gasteiger partial charge in [0.15, 0.2) is 0 Å². The van der Waals surface area contributed by atoms with Gasteiger partial charge >= 0.3 is 0 Å². The molecule has 0 saturated carbocycles. The molecule has 8 heteroatoms. The first-order chi connectivity index (χ1) is 14.4. The smallest absolute Gasteiger partial charge is 0.297 e. The number of rotatable bonds is 5. The number of hydrogen-bond donors (Lipinski definition) is 2. The van der Waals surface area contributed by atoms with Gasteiger partial charge in [-0.25, -0.2) is 0 Å². The zero-order valence-electron chi connectivity index (χ0n) is 15.9. The molecule has 0 aliphatic heterocycles. The Morgan fingerprint density at radius 1 is 1.20 bits per heavy atom. The standard InChI is InChI=1S/C22H16N4O3S/c1-13-8-20(30-25-13)24-22(29)21(28)18-10-16(26-12-17(27)6-7-19(18)26)9-14-2-4-15(11-23)5-3-14/h2-8,10,12,27H,9H2,1H3,(H,24,29). The second kappa shape index (κ2) is 7.81. The fourth-order valence-electron chi connectivity index (χ4n) is 3.19. The molecule has 0 radical (unpaired) electrons. The Hall–Kier alpha value is -3.96. The molecule has 148 valence electrons. The van der Waals surface area contributed by atoms with Crippen LogP contribution in [0.3, 0.4) is 0 Å². The molecule has 1 amide bonds. The summed E-state index contributed by atoms with van der Waals surface area (Å²) in [6.07, 6.45) is 1.97. The van der Waals surface area contributed by atoms with Gasteiger partial charge < -0.3 is 14.8 Å². The van der Waals surface area contributed by atoms with Crippen molar-refractivity contribution in [2.75, 3.05) is 5.32 Å². The van der Waals surface area contributed by atoms with Crippen molar-refractivity contribution >= 4 is 33.7 Å². The van der Waals surface area contributed by atoms with Crippen molar-refractivity contribution in [1.29, 1.82) is 5.26 Å². The molecule has 0 saturated heterocycles. The summed E-state index contributed by atoms with van der Waals surface area (Å²) in [5.74, 6) is -1.37. The molecule has 7 nitrogen and oxygen atoms in total. The van der Waals surface area contributed by atoms with Crippen LogP contribution in [-0.4, -0.2) is 25.6 Å². The summed E-state index contributed by atoms with van der Waals surface area (Å²) in [5, 5.41) is 22.0. The quantitative estimate of drug-likeness (QED) is 0.381. The Kier molecular flexibility index (Phi) is 5.04. The number of anilines is 1. The third-order valence-corrected chi connectivity index (χ3v) is 5.41. The maximum atomic E-state index is 12.9. The molecule has 3 heterocycles. The van der Waals surface area contributed by atoms with Gasteiger partial charge in [0.1, 0.15) is 10.8 Å². The van der Waals surface area contributed by atoms with E-state index >= 15 is 0 Å². The molecule has 0 aliphatic rings. The minimum absolute atomic E-state index is 0.0442. The monoisotopic (exact) mass is 416 g/mol. The molecule has 1 aromatic carbocycles. The second-order valence-electron chi connectivity index (χ2n) is 6.79. The number of aromatic hydroxyl groups is 1. The summed E-state index contributed by atoms with van der Waals surface area (Å²) < 4.78 is 5.79. The zero-order chi connectivity index (χ0) is 21.3. The highest BCUT2D eigenvalue weighted by Crippen LogP contribution is 2.24. The largest absolute Gasteiger partial charge is 0.506 e. The van der Waals surface area contributed by atoms with Crippen LogP contribution in [-0.2, 0) is 11.2 Å². The number of nitrogens with zero attached hydrogens (tertiary/aromatic N) is 3. The van der Waals surface area contributed by atoms with E-state index in [0.717, 1.165) is 28.5 Å². The number of hydrogen-bond acceptors (Lipinski definition) is 6. The van der Waals surface area contributed by atoms with Crippen LogP contribution in [0.25, 0.3) is 5.52 Å². The third-order valence-electron chi connectivity index (χ3n) is 4.61. The lowest BCUT2D eigenvalue weighted by atomic mass is 10.1. The number of nitriles is 1. The third kappa shape index (κ3) is 3.79. The molecule has 30 heavy (non-hydrogen) atoms. The van der Waals surface area contributed by atoms with E-state index in [1.54, 1.807) is 41.7 Å². The minimum atomic E-state index is -0.746. The van der Waals surface area contributed by atoms with Crippen molar-refractivity contribution in [3.63, 3.8) is 0 Å². The normalized spacial score (nSPS) is 10.7. The summed E-state index contributed by atoms with van der Waals surface area (Å²) in [6.45, 7) is 1.80. The Balaban J connectivity index is 1.68. The van der Waals surface area contributed by atoms with Gasteiger partial charge in [0.05, 0.1) is 34.6 Å². The number of ketones is 1. The highest BCUT2D eigenvalue weighted by atomic mass is 32.1. The lowest BCUT2D eigenvalue weighted by Crippen LogP contribution is -2.22. The predicted molar refractivity (Wildman–Crippen MR) is 113 cm³/mol. The SMILES string of the molecule is Cc1cc(NC(=O)C(=O)c2cc(Cc3ccc(C#N)cc3)n3cc(O)ccc23)sn1. The van der Waals surface area contributed by atoms with Crippen LogP contribution < -0.4 is 5.32 Å². The van der Waals surface area contributed by atoms with Crippen molar-refractivity contribution in [3.05, 3.63) is 82.8 Å². The van der Waals surface area contributed by atoms with Crippen LogP contribution in [0.5, 0.6) is 5.75 Å². The Labute approximate surface area is 176 Å². The van der Waals surface area contributed by atoms with Gasteiger partial charge in [-0.15, -0.1) is 0 Å². The van der Waals surface area contributed by atoms with Crippen molar-refractivity contribution in [2.24, 2.45) is 0 Å². The van der Waals surface area contributed by atoms with Crippen LogP contribution in [0, 0.1) is 18.3 Å². The number of fused-ring (bicyclic) bond motifs is 1. The number of carbonyl (C=O) groups is 2. The molecule has 0 unspecified atom stereocenters. The summed E-state index contributed by atoms with van der Waals surface area (Å²) in [4.78, 5) is 25.4. The molecular weight excluding hydrogens is 400 g/mol. The summed E-state index contributed by atoms with van der Waals surface area (Å²) in [6, 6.07) is 15.6. The first-order valence-corrected chi connectivity index (χ1v) is 9.83.